The molecule has 2 rings (SSSR count). The SMILES string of the molecule is CCOc1ccccc1N1CCC(C)(C)C(C#N)C1. The summed E-state index contributed by atoms with van der Waals surface area (Å²) in [5, 5.41) is 9.36. The molecule has 1 aromatic carbocycles. The van der Waals surface area contributed by atoms with Gasteiger partial charge in [0.05, 0.1) is 24.3 Å². The van der Waals surface area contributed by atoms with Crippen molar-refractivity contribution in [1.82, 2.24) is 0 Å². The maximum Gasteiger partial charge on any atom is 0.142 e. The average molecular weight is 258 g/mol. The molecular formula is C16H22N2O. The van der Waals surface area contributed by atoms with Crippen LogP contribution in [0.15, 0.2) is 24.3 Å². The van der Waals surface area contributed by atoms with E-state index in [0.29, 0.717) is 6.61 Å². The summed E-state index contributed by atoms with van der Waals surface area (Å²) in [4.78, 5) is 2.28. The second kappa shape index (κ2) is 5.52. The number of hydrogen-bond donors (Lipinski definition) is 0. The van der Waals surface area contributed by atoms with Crippen molar-refractivity contribution in [3.05, 3.63) is 24.3 Å². The molecule has 19 heavy (non-hydrogen) atoms. The molecule has 0 aliphatic carbocycles. The van der Waals surface area contributed by atoms with Crippen LogP contribution in [0.4, 0.5) is 5.69 Å². The van der Waals surface area contributed by atoms with Crippen LogP contribution >= 0.6 is 0 Å². The number of nitriles is 1. The highest BCUT2D eigenvalue weighted by molar-refractivity contribution is 5.59. The van der Waals surface area contributed by atoms with Crippen LogP contribution in [0.25, 0.3) is 0 Å². The summed E-state index contributed by atoms with van der Waals surface area (Å²) in [5.74, 6) is 0.984. The summed E-state index contributed by atoms with van der Waals surface area (Å²) >= 11 is 0. The van der Waals surface area contributed by atoms with Crippen molar-refractivity contribution in [1.29, 1.82) is 5.26 Å². The largest absolute Gasteiger partial charge is 0.492 e. The van der Waals surface area contributed by atoms with Gasteiger partial charge < -0.3 is 9.64 Å². The van der Waals surface area contributed by atoms with Crippen molar-refractivity contribution in [3.8, 4) is 11.8 Å². The Labute approximate surface area is 115 Å². The van der Waals surface area contributed by atoms with E-state index in [9.17, 15) is 5.26 Å². The molecule has 0 bridgehead atoms. The maximum absolute atomic E-state index is 9.36. The smallest absolute Gasteiger partial charge is 0.142 e. The van der Waals surface area contributed by atoms with Crippen LogP contribution in [0.3, 0.4) is 0 Å². The molecule has 0 N–H and O–H groups in total. The molecular weight excluding hydrogens is 236 g/mol. The number of rotatable bonds is 3. The van der Waals surface area contributed by atoms with Crippen LogP contribution in [0.2, 0.25) is 0 Å². The van der Waals surface area contributed by atoms with Crippen LogP contribution in [0.5, 0.6) is 5.75 Å². The molecule has 0 saturated carbocycles. The number of hydrogen-bond acceptors (Lipinski definition) is 3. The van der Waals surface area contributed by atoms with Gasteiger partial charge in [0.1, 0.15) is 5.75 Å². The van der Waals surface area contributed by atoms with Crippen molar-refractivity contribution in [2.24, 2.45) is 11.3 Å². The highest BCUT2D eigenvalue weighted by Crippen LogP contribution is 2.39. The van der Waals surface area contributed by atoms with Crippen molar-refractivity contribution in [2.75, 3.05) is 24.6 Å². The molecule has 1 aromatic rings. The summed E-state index contributed by atoms with van der Waals surface area (Å²) in [6.07, 6.45) is 1.03. The Kier molecular flexibility index (Phi) is 3.99. The van der Waals surface area contributed by atoms with E-state index >= 15 is 0 Å². The third-order valence-corrected chi connectivity index (χ3v) is 4.03. The monoisotopic (exact) mass is 258 g/mol. The maximum atomic E-state index is 9.36. The molecule has 1 fully saturated rings. The minimum Gasteiger partial charge on any atom is -0.492 e. The summed E-state index contributed by atoms with van der Waals surface area (Å²) in [5.41, 5.74) is 1.21. The molecule has 0 spiro atoms. The standard InChI is InChI=1S/C16H22N2O/c1-4-19-15-8-6-5-7-14(15)18-10-9-16(2,3)13(11-17)12-18/h5-8,13H,4,9-10,12H2,1-3H3. The Morgan fingerprint density at radius 2 is 2.16 bits per heavy atom. The second-order valence-electron chi connectivity index (χ2n) is 5.77. The van der Waals surface area contributed by atoms with Gasteiger partial charge >= 0.3 is 0 Å². The van der Waals surface area contributed by atoms with Crippen LogP contribution < -0.4 is 9.64 Å². The highest BCUT2D eigenvalue weighted by Gasteiger charge is 2.36. The average Bonchev–Trinajstić information content (AvgIpc) is 2.40. The van der Waals surface area contributed by atoms with Crippen LogP contribution in [0.1, 0.15) is 27.2 Å². The lowest BCUT2D eigenvalue weighted by molar-refractivity contribution is 0.216. The van der Waals surface area contributed by atoms with Gasteiger partial charge in [-0.3, -0.25) is 0 Å². The predicted molar refractivity (Wildman–Crippen MR) is 77.3 cm³/mol. The first-order chi connectivity index (χ1) is 9.08. The topological polar surface area (TPSA) is 36.3 Å². The molecule has 102 valence electrons. The number of nitrogens with zero attached hydrogens (tertiary/aromatic N) is 2. The summed E-state index contributed by atoms with van der Waals surface area (Å²) in [6.45, 7) is 8.80. The van der Waals surface area contributed by atoms with Crippen LogP contribution in [0, 0.1) is 22.7 Å². The molecule has 3 nitrogen and oxygen atoms in total. The third kappa shape index (κ3) is 2.84. The number of ether oxygens (including phenoxy) is 1. The van der Waals surface area contributed by atoms with E-state index < -0.39 is 0 Å². The van der Waals surface area contributed by atoms with Crippen LogP contribution in [-0.2, 0) is 0 Å². The fourth-order valence-electron chi connectivity index (χ4n) is 2.59. The van der Waals surface area contributed by atoms with E-state index in [1.54, 1.807) is 0 Å². The first kappa shape index (κ1) is 13.7. The Hall–Kier alpha value is -1.69. The Morgan fingerprint density at radius 1 is 1.42 bits per heavy atom. The Bertz CT molecular complexity index is 476. The molecule has 1 unspecified atom stereocenters. The van der Waals surface area contributed by atoms with E-state index in [1.807, 2.05) is 25.1 Å². The Balaban J connectivity index is 2.22. The Morgan fingerprint density at radius 3 is 2.84 bits per heavy atom. The summed E-state index contributed by atoms with van der Waals surface area (Å²) in [7, 11) is 0. The van der Waals surface area contributed by atoms with Gasteiger partial charge in [-0.25, -0.2) is 0 Å². The second-order valence-corrected chi connectivity index (χ2v) is 5.77. The molecule has 0 radical (unpaired) electrons. The molecule has 0 aromatic heterocycles. The van der Waals surface area contributed by atoms with Crippen molar-refractivity contribution in [3.63, 3.8) is 0 Å². The predicted octanol–water partition coefficient (Wildman–Crippen LogP) is 3.46. The lowest BCUT2D eigenvalue weighted by Gasteiger charge is -2.42. The van der Waals surface area contributed by atoms with E-state index in [-0.39, 0.29) is 11.3 Å². The zero-order valence-electron chi connectivity index (χ0n) is 12.0. The first-order valence-electron chi connectivity index (χ1n) is 6.95. The highest BCUT2D eigenvalue weighted by atomic mass is 16.5. The zero-order chi connectivity index (χ0) is 13.9. The van der Waals surface area contributed by atoms with Gasteiger partial charge in [0, 0.05) is 13.1 Å². The molecule has 1 atom stereocenters. The van der Waals surface area contributed by atoms with E-state index in [0.717, 1.165) is 30.9 Å². The number of para-hydroxylation sites is 2. The molecule has 0 amide bonds. The molecule has 1 aliphatic heterocycles. The lowest BCUT2D eigenvalue weighted by Crippen LogP contribution is -2.44. The minimum atomic E-state index is 0.0657. The fraction of sp³-hybridized carbons (Fsp3) is 0.562. The third-order valence-electron chi connectivity index (χ3n) is 4.03. The number of benzene rings is 1. The first-order valence-corrected chi connectivity index (χ1v) is 6.95. The van der Waals surface area contributed by atoms with Gasteiger partial charge in [0.15, 0.2) is 0 Å². The van der Waals surface area contributed by atoms with E-state index in [1.165, 1.54) is 0 Å². The van der Waals surface area contributed by atoms with Crippen molar-refractivity contribution >= 4 is 5.69 Å². The number of anilines is 1. The van der Waals surface area contributed by atoms with E-state index in [4.69, 9.17) is 4.74 Å². The van der Waals surface area contributed by atoms with Gasteiger partial charge in [-0.15, -0.1) is 0 Å². The van der Waals surface area contributed by atoms with Crippen molar-refractivity contribution in [2.45, 2.75) is 27.2 Å². The summed E-state index contributed by atoms with van der Waals surface area (Å²) in [6, 6.07) is 10.6. The quantitative estimate of drug-likeness (QED) is 0.833. The lowest BCUT2D eigenvalue weighted by atomic mass is 9.74. The number of piperidine rings is 1. The fourth-order valence-corrected chi connectivity index (χ4v) is 2.59. The van der Waals surface area contributed by atoms with E-state index in [2.05, 4.69) is 30.9 Å². The summed E-state index contributed by atoms with van der Waals surface area (Å²) < 4.78 is 5.69. The molecule has 1 aliphatic rings. The van der Waals surface area contributed by atoms with Crippen molar-refractivity contribution < 1.29 is 4.74 Å². The molecule has 3 heteroatoms. The molecule has 1 saturated heterocycles. The van der Waals surface area contributed by atoms with Gasteiger partial charge in [-0.1, -0.05) is 26.0 Å². The normalized spacial score (nSPS) is 21.8. The van der Waals surface area contributed by atoms with Gasteiger partial charge in [0.2, 0.25) is 0 Å². The molecule has 1 heterocycles. The van der Waals surface area contributed by atoms with Gasteiger partial charge in [-0.05, 0) is 30.9 Å². The minimum absolute atomic E-state index is 0.0657. The van der Waals surface area contributed by atoms with Crippen LogP contribution in [-0.4, -0.2) is 19.7 Å². The zero-order valence-corrected chi connectivity index (χ0v) is 12.0. The van der Waals surface area contributed by atoms with Gasteiger partial charge in [-0.2, -0.15) is 5.26 Å². The van der Waals surface area contributed by atoms with Gasteiger partial charge in [0.25, 0.3) is 0 Å².